The molecule has 1 N–H and O–H groups in total. The molecule has 3 rings (SSSR count). The monoisotopic (exact) mass is 308 g/mol. The number of phenols is 1. The third-order valence-corrected chi connectivity index (χ3v) is 3.67. The van der Waals surface area contributed by atoms with Gasteiger partial charge < -0.3 is 5.11 Å². The Morgan fingerprint density at radius 2 is 1.57 bits per heavy atom. The van der Waals surface area contributed by atoms with Crippen molar-refractivity contribution in [1.29, 1.82) is 0 Å². The number of hydrogen-bond acceptors (Lipinski definition) is 3. The Balaban J connectivity index is 1.90. The molecule has 0 heterocycles. The normalized spacial score (nSPS) is 10.7. The average Bonchev–Trinajstić information content (AvgIpc) is 2.54. The molecular weight excluding hydrogens is 295 g/mol. The summed E-state index contributed by atoms with van der Waals surface area (Å²) in [4.78, 5) is 24.6. The van der Waals surface area contributed by atoms with E-state index in [9.17, 15) is 19.1 Å². The standard InChI is InChI=1S/C19H13FO3/c20-13-8-9-16(17(21)10-13)19(23)11-18(22)15-7-3-5-12-4-1-2-6-14(12)15/h1-10,21H,11H2. The van der Waals surface area contributed by atoms with Gasteiger partial charge in [-0.15, -0.1) is 0 Å². The molecule has 23 heavy (non-hydrogen) atoms. The molecule has 0 saturated heterocycles. The van der Waals surface area contributed by atoms with Crippen LogP contribution in [-0.4, -0.2) is 16.7 Å². The first-order valence-electron chi connectivity index (χ1n) is 7.09. The molecule has 3 aromatic rings. The molecule has 114 valence electrons. The first-order valence-corrected chi connectivity index (χ1v) is 7.09. The molecule has 0 spiro atoms. The van der Waals surface area contributed by atoms with Gasteiger partial charge in [0, 0.05) is 11.6 Å². The van der Waals surface area contributed by atoms with Crippen LogP contribution in [-0.2, 0) is 0 Å². The summed E-state index contributed by atoms with van der Waals surface area (Å²) in [6.07, 6.45) is -0.382. The van der Waals surface area contributed by atoms with Gasteiger partial charge in [-0.1, -0.05) is 42.5 Å². The Labute approximate surface area is 132 Å². The Bertz CT molecular complexity index is 910. The van der Waals surface area contributed by atoms with Crippen LogP contribution >= 0.6 is 0 Å². The summed E-state index contributed by atoms with van der Waals surface area (Å²) in [7, 11) is 0. The van der Waals surface area contributed by atoms with Gasteiger partial charge in [-0.05, 0) is 22.9 Å². The van der Waals surface area contributed by atoms with Crippen LogP contribution in [0.4, 0.5) is 4.39 Å². The number of ketones is 2. The minimum Gasteiger partial charge on any atom is -0.507 e. The number of carbonyl (C=O) groups excluding carboxylic acids is 2. The van der Waals surface area contributed by atoms with Crippen molar-refractivity contribution in [3.63, 3.8) is 0 Å². The fourth-order valence-corrected chi connectivity index (χ4v) is 2.55. The zero-order valence-electron chi connectivity index (χ0n) is 12.1. The second-order valence-corrected chi connectivity index (χ2v) is 5.21. The second-order valence-electron chi connectivity index (χ2n) is 5.21. The second kappa shape index (κ2) is 6.01. The van der Waals surface area contributed by atoms with E-state index in [1.54, 1.807) is 12.1 Å². The first-order chi connectivity index (χ1) is 11.1. The number of hydrogen-bond donors (Lipinski definition) is 1. The van der Waals surface area contributed by atoms with Gasteiger partial charge in [0.05, 0.1) is 12.0 Å². The Morgan fingerprint density at radius 3 is 2.35 bits per heavy atom. The Kier molecular flexibility index (Phi) is 3.89. The van der Waals surface area contributed by atoms with Crippen molar-refractivity contribution < 1.29 is 19.1 Å². The zero-order chi connectivity index (χ0) is 16.4. The average molecular weight is 308 g/mol. The number of rotatable bonds is 4. The van der Waals surface area contributed by atoms with E-state index in [2.05, 4.69) is 0 Å². The van der Waals surface area contributed by atoms with Crippen LogP contribution in [0.1, 0.15) is 27.1 Å². The summed E-state index contributed by atoms with van der Waals surface area (Å²) in [5.41, 5.74) is 0.401. The van der Waals surface area contributed by atoms with E-state index in [0.717, 1.165) is 22.9 Å². The number of fused-ring (bicyclic) bond motifs is 1. The van der Waals surface area contributed by atoms with Crippen molar-refractivity contribution in [2.45, 2.75) is 6.42 Å². The lowest BCUT2D eigenvalue weighted by Gasteiger charge is -2.06. The van der Waals surface area contributed by atoms with E-state index in [4.69, 9.17) is 0 Å². The van der Waals surface area contributed by atoms with Crippen LogP contribution in [0.3, 0.4) is 0 Å². The molecule has 0 radical (unpaired) electrons. The largest absolute Gasteiger partial charge is 0.507 e. The topological polar surface area (TPSA) is 54.4 Å². The molecule has 0 aliphatic heterocycles. The lowest BCUT2D eigenvalue weighted by molar-refractivity contribution is 0.0894. The number of phenolic OH excluding ortho intramolecular Hbond substituents is 1. The van der Waals surface area contributed by atoms with Gasteiger partial charge in [-0.3, -0.25) is 9.59 Å². The van der Waals surface area contributed by atoms with Gasteiger partial charge in [-0.25, -0.2) is 4.39 Å². The number of halogens is 1. The molecular formula is C19H13FO3. The minimum absolute atomic E-state index is 0.0556. The van der Waals surface area contributed by atoms with E-state index in [1.807, 2.05) is 30.3 Å². The summed E-state index contributed by atoms with van der Waals surface area (Å²) >= 11 is 0. The number of benzene rings is 3. The molecule has 0 aliphatic carbocycles. The molecule has 0 atom stereocenters. The molecule has 4 heteroatoms. The quantitative estimate of drug-likeness (QED) is 0.582. The fraction of sp³-hybridized carbons (Fsp3) is 0.0526. The minimum atomic E-state index is -0.639. The van der Waals surface area contributed by atoms with Crippen molar-refractivity contribution in [3.8, 4) is 5.75 Å². The van der Waals surface area contributed by atoms with E-state index < -0.39 is 17.3 Å². The molecule has 0 saturated carbocycles. The highest BCUT2D eigenvalue weighted by Gasteiger charge is 2.18. The highest BCUT2D eigenvalue weighted by Crippen LogP contribution is 2.23. The summed E-state index contributed by atoms with van der Waals surface area (Å²) in [5.74, 6) is -1.98. The summed E-state index contributed by atoms with van der Waals surface area (Å²) in [5, 5.41) is 11.3. The van der Waals surface area contributed by atoms with Gasteiger partial charge in [0.1, 0.15) is 11.6 Å². The highest BCUT2D eigenvalue weighted by atomic mass is 19.1. The Hall–Kier alpha value is -3.01. The molecule has 0 fully saturated rings. The fourth-order valence-electron chi connectivity index (χ4n) is 2.55. The molecule has 0 bridgehead atoms. The van der Waals surface area contributed by atoms with E-state index >= 15 is 0 Å². The van der Waals surface area contributed by atoms with Crippen molar-refractivity contribution in [2.24, 2.45) is 0 Å². The molecule has 0 aliphatic rings. The van der Waals surface area contributed by atoms with Gasteiger partial charge in [-0.2, -0.15) is 0 Å². The van der Waals surface area contributed by atoms with Crippen molar-refractivity contribution >= 4 is 22.3 Å². The van der Waals surface area contributed by atoms with Gasteiger partial charge in [0.25, 0.3) is 0 Å². The van der Waals surface area contributed by atoms with Crippen molar-refractivity contribution in [3.05, 3.63) is 77.6 Å². The molecule has 0 amide bonds. The zero-order valence-corrected chi connectivity index (χ0v) is 12.1. The maximum atomic E-state index is 13.0. The predicted octanol–water partition coefficient (Wildman–Crippen LogP) is 4.14. The van der Waals surface area contributed by atoms with E-state index in [-0.39, 0.29) is 17.8 Å². The van der Waals surface area contributed by atoms with Crippen LogP contribution in [0.15, 0.2) is 60.7 Å². The highest BCUT2D eigenvalue weighted by molar-refractivity contribution is 6.18. The Morgan fingerprint density at radius 1 is 0.870 bits per heavy atom. The van der Waals surface area contributed by atoms with Crippen LogP contribution < -0.4 is 0 Å². The van der Waals surface area contributed by atoms with Crippen LogP contribution in [0.2, 0.25) is 0 Å². The summed E-state index contributed by atoms with van der Waals surface area (Å²) in [6.45, 7) is 0. The number of Topliss-reactive ketones (excluding diaryl/α,β-unsaturated/α-hetero) is 2. The maximum Gasteiger partial charge on any atom is 0.174 e. The van der Waals surface area contributed by atoms with Gasteiger partial charge in [0.2, 0.25) is 0 Å². The lowest BCUT2D eigenvalue weighted by atomic mass is 9.96. The third-order valence-electron chi connectivity index (χ3n) is 3.67. The SMILES string of the molecule is O=C(CC(=O)c1cccc2ccccc12)c1ccc(F)cc1O. The number of aromatic hydroxyl groups is 1. The van der Waals surface area contributed by atoms with Crippen LogP contribution in [0.25, 0.3) is 10.8 Å². The van der Waals surface area contributed by atoms with Crippen molar-refractivity contribution in [2.75, 3.05) is 0 Å². The van der Waals surface area contributed by atoms with Gasteiger partial charge >= 0.3 is 0 Å². The summed E-state index contributed by atoms with van der Waals surface area (Å²) < 4.78 is 13.0. The van der Waals surface area contributed by atoms with E-state index in [0.29, 0.717) is 5.56 Å². The predicted molar refractivity (Wildman–Crippen MR) is 85.3 cm³/mol. The maximum absolute atomic E-state index is 13.0. The van der Waals surface area contributed by atoms with Crippen LogP contribution in [0.5, 0.6) is 5.75 Å². The molecule has 3 aromatic carbocycles. The van der Waals surface area contributed by atoms with Gasteiger partial charge in [0.15, 0.2) is 11.6 Å². The van der Waals surface area contributed by atoms with Crippen LogP contribution in [0, 0.1) is 5.82 Å². The van der Waals surface area contributed by atoms with Crippen molar-refractivity contribution in [1.82, 2.24) is 0 Å². The first kappa shape index (κ1) is 14.9. The summed E-state index contributed by atoms with van der Waals surface area (Å²) in [6, 6.07) is 15.8. The molecule has 0 unspecified atom stereocenters. The number of carbonyl (C=O) groups is 2. The van der Waals surface area contributed by atoms with E-state index in [1.165, 1.54) is 6.07 Å². The third kappa shape index (κ3) is 2.97. The lowest BCUT2D eigenvalue weighted by Crippen LogP contribution is -2.09. The smallest absolute Gasteiger partial charge is 0.174 e. The molecule has 0 aromatic heterocycles. The molecule has 3 nitrogen and oxygen atoms in total.